The molecule has 0 atom stereocenters. The summed E-state index contributed by atoms with van der Waals surface area (Å²) in [6.07, 6.45) is 2.41. The van der Waals surface area contributed by atoms with Crippen molar-refractivity contribution < 1.29 is 14.3 Å². The molecule has 0 N–H and O–H groups in total. The van der Waals surface area contributed by atoms with E-state index in [9.17, 15) is 9.59 Å². The molecule has 3 heteroatoms. The van der Waals surface area contributed by atoms with E-state index in [-0.39, 0.29) is 0 Å². The van der Waals surface area contributed by atoms with Gasteiger partial charge in [0.2, 0.25) is 5.78 Å². The molecule has 1 aromatic rings. The second-order valence-electron chi connectivity index (χ2n) is 3.99. The molecule has 0 spiro atoms. The minimum absolute atomic E-state index is 0.351. The predicted molar refractivity (Wildman–Crippen MR) is 59.6 cm³/mol. The first-order chi connectivity index (χ1) is 7.81. The van der Waals surface area contributed by atoms with Crippen molar-refractivity contribution >= 4 is 12.1 Å². The van der Waals surface area contributed by atoms with Gasteiger partial charge in [0.25, 0.3) is 0 Å². The average Bonchev–Trinajstić information content (AvgIpc) is 2.39. The fourth-order valence-electron chi connectivity index (χ4n) is 2.02. The smallest absolute Gasteiger partial charge is 0.225 e. The third-order valence-corrected chi connectivity index (χ3v) is 2.99. The molecule has 0 aromatic heterocycles. The van der Waals surface area contributed by atoms with Crippen LogP contribution in [0.3, 0.4) is 0 Å². The van der Waals surface area contributed by atoms with Crippen LogP contribution in [0.1, 0.15) is 34.7 Å². The number of carbonyl (C=O) groups excluding carboxylic acids is 2. The lowest BCUT2D eigenvalue weighted by atomic mass is 9.91. The highest BCUT2D eigenvalue weighted by Gasteiger charge is 2.15. The summed E-state index contributed by atoms with van der Waals surface area (Å²) in [5.41, 5.74) is 1.69. The lowest BCUT2D eigenvalue weighted by molar-refractivity contribution is -0.104. The van der Waals surface area contributed by atoms with Crippen LogP contribution >= 0.6 is 0 Å². The molecule has 1 aliphatic heterocycles. The van der Waals surface area contributed by atoms with Gasteiger partial charge in [0.05, 0.1) is 0 Å². The van der Waals surface area contributed by atoms with Gasteiger partial charge in [-0.3, -0.25) is 9.59 Å². The van der Waals surface area contributed by atoms with Gasteiger partial charge in [0, 0.05) is 18.8 Å². The Kier molecular flexibility index (Phi) is 3.47. The quantitative estimate of drug-likeness (QED) is 0.442. The Morgan fingerprint density at radius 2 is 1.81 bits per heavy atom. The minimum Gasteiger partial charge on any atom is -0.381 e. The summed E-state index contributed by atoms with van der Waals surface area (Å²) in [5, 5.41) is 0. The van der Waals surface area contributed by atoms with Crippen LogP contribution < -0.4 is 0 Å². The second kappa shape index (κ2) is 5.03. The van der Waals surface area contributed by atoms with Crippen molar-refractivity contribution in [2.45, 2.75) is 18.8 Å². The van der Waals surface area contributed by atoms with Gasteiger partial charge < -0.3 is 4.74 Å². The van der Waals surface area contributed by atoms with Crippen molar-refractivity contribution in [1.29, 1.82) is 0 Å². The Morgan fingerprint density at radius 1 is 1.19 bits per heavy atom. The lowest BCUT2D eigenvalue weighted by Crippen LogP contribution is -2.14. The minimum atomic E-state index is -0.460. The van der Waals surface area contributed by atoms with Crippen molar-refractivity contribution in [1.82, 2.24) is 0 Å². The molecule has 0 amide bonds. The fraction of sp³-hybridized carbons (Fsp3) is 0.385. The zero-order valence-electron chi connectivity index (χ0n) is 9.02. The van der Waals surface area contributed by atoms with E-state index in [1.54, 1.807) is 12.1 Å². The van der Waals surface area contributed by atoms with E-state index in [1.165, 1.54) is 5.56 Å². The van der Waals surface area contributed by atoms with Crippen LogP contribution in [0.5, 0.6) is 0 Å². The molecular formula is C13H14O3. The third-order valence-electron chi connectivity index (χ3n) is 2.99. The highest BCUT2D eigenvalue weighted by atomic mass is 16.5. The molecule has 1 aliphatic rings. The first-order valence-corrected chi connectivity index (χ1v) is 5.48. The maximum absolute atomic E-state index is 11.1. The first kappa shape index (κ1) is 11.0. The molecule has 2 rings (SSSR count). The molecule has 1 fully saturated rings. The highest BCUT2D eigenvalue weighted by molar-refractivity contribution is 6.33. The predicted octanol–water partition coefficient (Wildman–Crippen LogP) is 1.96. The van der Waals surface area contributed by atoms with Crippen molar-refractivity contribution in [2.75, 3.05) is 13.2 Å². The molecule has 1 heterocycles. The summed E-state index contributed by atoms with van der Waals surface area (Å²) >= 11 is 0. The van der Waals surface area contributed by atoms with Gasteiger partial charge in [-0.2, -0.15) is 0 Å². The highest BCUT2D eigenvalue weighted by Crippen LogP contribution is 2.26. The number of aldehydes is 1. The maximum Gasteiger partial charge on any atom is 0.225 e. The lowest BCUT2D eigenvalue weighted by Gasteiger charge is -2.22. The Morgan fingerprint density at radius 3 is 2.38 bits per heavy atom. The summed E-state index contributed by atoms with van der Waals surface area (Å²) in [4.78, 5) is 21.4. The van der Waals surface area contributed by atoms with Crippen molar-refractivity contribution in [2.24, 2.45) is 0 Å². The molecule has 1 aromatic carbocycles. The first-order valence-electron chi connectivity index (χ1n) is 5.48. The van der Waals surface area contributed by atoms with Crippen LogP contribution in [0.2, 0.25) is 0 Å². The van der Waals surface area contributed by atoms with E-state index in [0.29, 0.717) is 17.8 Å². The summed E-state index contributed by atoms with van der Waals surface area (Å²) in [7, 11) is 0. The van der Waals surface area contributed by atoms with E-state index in [0.717, 1.165) is 26.1 Å². The van der Waals surface area contributed by atoms with Gasteiger partial charge in [0.1, 0.15) is 0 Å². The van der Waals surface area contributed by atoms with Crippen LogP contribution in [0.25, 0.3) is 0 Å². The van der Waals surface area contributed by atoms with E-state index >= 15 is 0 Å². The number of hydrogen-bond acceptors (Lipinski definition) is 3. The van der Waals surface area contributed by atoms with Crippen molar-refractivity contribution in [3.05, 3.63) is 35.4 Å². The fourth-order valence-corrected chi connectivity index (χ4v) is 2.02. The Balaban J connectivity index is 2.11. The Labute approximate surface area is 94.4 Å². The van der Waals surface area contributed by atoms with Gasteiger partial charge in [-0.15, -0.1) is 0 Å². The number of Topliss-reactive ketones (excluding diaryl/α,β-unsaturated/α-hetero) is 1. The molecule has 1 saturated heterocycles. The van der Waals surface area contributed by atoms with E-state index in [1.807, 2.05) is 12.1 Å². The molecule has 84 valence electrons. The molecule has 0 unspecified atom stereocenters. The topological polar surface area (TPSA) is 43.4 Å². The number of ketones is 1. The van der Waals surface area contributed by atoms with Crippen LogP contribution in [-0.4, -0.2) is 25.3 Å². The molecule has 0 bridgehead atoms. The Hall–Kier alpha value is -1.48. The SMILES string of the molecule is O=CC(=O)c1ccc(C2CCOCC2)cc1. The normalized spacial score (nSPS) is 17.0. The maximum atomic E-state index is 11.1. The standard InChI is InChI=1S/C13H14O3/c14-9-13(15)12-3-1-10(2-4-12)11-5-7-16-8-6-11/h1-4,9,11H,5-8H2. The average molecular weight is 218 g/mol. The van der Waals surface area contributed by atoms with Crippen molar-refractivity contribution in [3.63, 3.8) is 0 Å². The van der Waals surface area contributed by atoms with Gasteiger partial charge in [-0.1, -0.05) is 24.3 Å². The second-order valence-corrected chi connectivity index (χ2v) is 3.99. The number of ether oxygens (including phenoxy) is 1. The van der Waals surface area contributed by atoms with E-state index < -0.39 is 5.78 Å². The zero-order chi connectivity index (χ0) is 11.4. The van der Waals surface area contributed by atoms with Crippen LogP contribution in [0, 0.1) is 0 Å². The van der Waals surface area contributed by atoms with Crippen LogP contribution in [0.4, 0.5) is 0 Å². The number of benzene rings is 1. The molecular weight excluding hydrogens is 204 g/mol. The summed E-state index contributed by atoms with van der Waals surface area (Å²) in [5.74, 6) is 0.0626. The summed E-state index contributed by atoms with van der Waals surface area (Å²) < 4.78 is 5.30. The van der Waals surface area contributed by atoms with E-state index in [4.69, 9.17) is 4.74 Å². The summed E-state index contributed by atoms with van der Waals surface area (Å²) in [6.45, 7) is 1.61. The molecule has 0 saturated carbocycles. The van der Waals surface area contributed by atoms with Crippen LogP contribution in [0.15, 0.2) is 24.3 Å². The molecule has 0 radical (unpaired) electrons. The molecule has 3 nitrogen and oxygen atoms in total. The third kappa shape index (κ3) is 2.36. The van der Waals surface area contributed by atoms with Gasteiger partial charge in [0.15, 0.2) is 6.29 Å². The monoisotopic (exact) mass is 218 g/mol. The summed E-state index contributed by atoms with van der Waals surface area (Å²) in [6, 6.07) is 7.32. The molecule has 16 heavy (non-hydrogen) atoms. The molecule has 0 aliphatic carbocycles. The van der Waals surface area contributed by atoms with E-state index in [2.05, 4.69) is 0 Å². The van der Waals surface area contributed by atoms with Gasteiger partial charge >= 0.3 is 0 Å². The van der Waals surface area contributed by atoms with Crippen LogP contribution in [-0.2, 0) is 9.53 Å². The van der Waals surface area contributed by atoms with Gasteiger partial charge in [-0.25, -0.2) is 0 Å². The van der Waals surface area contributed by atoms with Crippen molar-refractivity contribution in [3.8, 4) is 0 Å². The van der Waals surface area contributed by atoms with Gasteiger partial charge in [-0.05, 0) is 24.3 Å². The number of rotatable bonds is 3. The number of hydrogen-bond donors (Lipinski definition) is 0. The number of carbonyl (C=O) groups is 2. The Bertz CT molecular complexity index is 375. The largest absolute Gasteiger partial charge is 0.381 e. The zero-order valence-corrected chi connectivity index (χ0v) is 9.02.